The summed E-state index contributed by atoms with van der Waals surface area (Å²) in [7, 11) is 0. The van der Waals surface area contributed by atoms with Crippen molar-refractivity contribution in [2.75, 3.05) is 23.7 Å². The Kier molecular flexibility index (Phi) is 3.57. The van der Waals surface area contributed by atoms with Crippen LogP contribution in [0, 0.1) is 5.92 Å². The quantitative estimate of drug-likeness (QED) is 0.842. The lowest BCUT2D eigenvalue weighted by molar-refractivity contribution is -0.121. The highest BCUT2D eigenvalue weighted by atomic mass is 32.2. The lowest BCUT2D eigenvalue weighted by Gasteiger charge is -2.27. The van der Waals surface area contributed by atoms with E-state index in [1.54, 1.807) is 23.9 Å². The molecule has 0 spiro atoms. The van der Waals surface area contributed by atoms with Crippen LogP contribution < -0.4 is 10.2 Å². The molecule has 3 rings (SSSR count). The average molecular weight is 276 g/mol. The van der Waals surface area contributed by atoms with E-state index in [0.29, 0.717) is 18.0 Å². The van der Waals surface area contributed by atoms with Gasteiger partial charge in [-0.15, -0.1) is 11.8 Å². The van der Waals surface area contributed by atoms with E-state index in [1.165, 1.54) is 4.90 Å². The lowest BCUT2D eigenvalue weighted by atomic mass is 10.1. The highest BCUT2D eigenvalue weighted by Crippen LogP contribution is 2.30. The normalized spacial score (nSPS) is 23.8. The Morgan fingerprint density at radius 3 is 2.58 bits per heavy atom. The number of imide groups is 1. The molecule has 1 unspecified atom stereocenters. The zero-order valence-corrected chi connectivity index (χ0v) is 11.4. The first-order chi connectivity index (χ1) is 9.25. The largest absolute Gasteiger partial charge is 0.316 e. The number of nitrogens with zero attached hydrogens (tertiary/aromatic N) is 1. The van der Waals surface area contributed by atoms with Crippen LogP contribution in [0.1, 0.15) is 6.42 Å². The molecule has 1 aromatic carbocycles. The van der Waals surface area contributed by atoms with Crippen molar-refractivity contribution in [3.05, 3.63) is 30.3 Å². The van der Waals surface area contributed by atoms with Crippen molar-refractivity contribution >= 4 is 29.3 Å². The van der Waals surface area contributed by atoms with E-state index in [2.05, 4.69) is 5.32 Å². The lowest BCUT2D eigenvalue weighted by Crippen LogP contribution is -2.43. The number of carbonyl (C=O) groups excluding carboxylic acids is 2. The molecule has 1 N–H and O–H groups in total. The van der Waals surface area contributed by atoms with Gasteiger partial charge in [-0.2, -0.15) is 0 Å². The van der Waals surface area contributed by atoms with E-state index in [0.717, 1.165) is 18.8 Å². The number of para-hydroxylation sites is 1. The molecule has 100 valence electrons. The van der Waals surface area contributed by atoms with Gasteiger partial charge in [-0.1, -0.05) is 18.2 Å². The molecular weight excluding hydrogens is 260 g/mol. The first kappa shape index (κ1) is 12.7. The summed E-state index contributed by atoms with van der Waals surface area (Å²) in [5.41, 5.74) is 0.686. The van der Waals surface area contributed by atoms with Crippen molar-refractivity contribution in [2.24, 2.45) is 5.92 Å². The van der Waals surface area contributed by atoms with Crippen LogP contribution in [0.4, 0.5) is 5.69 Å². The molecule has 0 aliphatic carbocycles. The predicted octanol–water partition coefficient (Wildman–Crippen LogP) is 1.27. The molecule has 5 heteroatoms. The maximum atomic E-state index is 12.3. The van der Waals surface area contributed by atoms with Gasteiger partial charge in [-0.25, -0.2) is 4.90 Å². The fourth-order valence-corrected chi connectivity index (χ4v) is 3.55. The number of hydrogen-bond acceptors (Lipinski definition) is 4. The number of amides is 2. The maximum absolute atomic E-state index is 12.3. The summed E-state index contributed by atoms with van der Waals surface area (Å²) in [5.74, 6) is 1.46. The van der Waals surface area contributed by atoms with Gasteiger partial charge >= 0.3 is 0 Å². The molecular formula is C14H16N2O2S. The summed E-state index contributed by atoms with van der Waals surface area (Å²) in [5, 5.41) is 3.01. The highest BCUT2D eigenvalue weighted by molar-refractivity contribution is 8.00. The second-order valence-electron chi connectivity index (χ2n) is 4.95. The van der Waals surface area contributed by atoms with Gasteiger partial charge in [-0.3, -0.25) is 9.59 Å². The zero-order chi connectivity index (χ0) is 13.2. The first-order valence-electron chi connectivity index (χ1n) is 6.50. The van der Waals surface area contributed by atoms with Crippen molar-refractivity contribution in [2.45, 2.75) is 11.7 Å². The van der Waals surface area contributed by atoms with E-state index >= 15 is 0 Å². The average Bonchev–Trinajstić information content (AvgIpc) is 2.64. The smallest absolute Gasteiger partial charge is 0.247 e. The van der Waals surface area contributed by atoms with Crippen LogP contribution in [0.2, 0.25) is 0 Å². The van der Waals surface area contributed by atoms with Gasteiger partial charge in [0.15, 0.2) is 0 Å². The van der Waals surface area contributed by atoms with Gasteiger partial charge in [-0.05, 0) is 36.9 Å². The number of anilines is 1. The molecule has 1 atom stereocenters. The third kappa shape index (κ3) is 2.53. The molecule has 4 nitrogen and oxygen atoms in total. The predicted molar refractivity (Wildman–Crippen MR) is 76.2 cm³/mol. The topological polar surface area (TPSA) is 49.4 Å². The molecule has 0 saturated carbocycles. The van der Waals surface area contributed by atoms with Crippen LogP contribution in [0.3, 0.4) is 0 Å². The Bertz CT molecular complexity index is 487. The molecule has 2 amide bonds. The van der Waals surface area contributed by atoms with Crippen LogP contribution in [-0.4, -0.2) is 35.9 Å². The van der Waals surface area contributed by atoms with Crippen molar-refractivity contribution in [3.8, 4) is 0 Å². The minimum atomic E-state index is -0.201. The Labute approximate surface area is 116 Å². The van der Waals surface area contributed by atoms with Gasteiger partial charge in [0.05, 0.1) is 10.9 Å². The second-order valence-corrected chi connectivity index (χ2v) is 6.19. The summed E-state index contributed by atoms with van der Waals surface area (Å²) >= 11 is 1.63. The number of nitrogens with one attached hydrogen (secondary N) is 1. The third-order valence-corrected chi connectivity index (χ3v) is 4.95. The molecule has 2 saturated heterocycles. The van der Waals surface area contributed by atoms with Gasteiger partial charge in [0.25, 0.3) is 0 Å². The van der Waals surface area contributed by atoms with Crippen LogP contribution in [0.15, 0.2) is 30.3 Å². The summed E-state index contributed by atoms with van der Waals surface area (Å²) in [6.07, 6.45) is 0.332. The van der Waals surface area contributed by atoms with Crippen LogP contribution in [0.25, 0.3) is 0 Å². The van der Waals surface area contributed by atoms with Crippen molar-refractivity contribution in [3.63, 3.8) is 0 Å². The Balaban J connectivity index is 1.66. The van der Waals surface area contributed by atoms with Gasteiger partial charge in [0.2, 0.25) is 11.8 Å². The van der Waals surface area contributed by atoms with Gasteiger partial charge < -0.3 is 5.32 Å². The molecule has 0 radical (unpaired) electrons. The second kappa shape index (κ2) is 5.35. The molecule has 2 aliphatic heterocycles. The number of carbonyl (C=O) groups is 2. The van der Waals surface area contributed by atoms with Gasteiger partial charge in [0, 0.05) is 6.42 Å². The first-order valence-corrected chi connectivity index (χ1v) is 7.55. The Hall–Kier alpha value is -1.33. The molecule has 1 aromatic rings. The highest BCUT2D eigenvalue weighted by Gasteiger charge is 2.40. The van der Waals surface area contributed by atoms with Crippen molar-refractivity contribution < 1.29 is 9.59 Å². The maximum Gasteiger partial charge on any atom is 0.247 e. The fourth-order valence-electron chi connectivity index (χ4n) is 2.30. The molecule has 2 fully saturated rings. The van der Waals surface area contributed by atoms with E-state index in [9.17, 15) is 9.59 Å². The summed E-state index contributed by atoms with van der Waals surface area (Å²) < 4.78 is 0. The molecule has 2 heterocycles. The standard InChI is InChI=1S/C14H16N2O2S/c17-13-6-12(19-9-10-7-15-8-10)14(18)16(13)11-4-2-1-3-5-11/h1-5,10,12,15H,6-9H2. The Morgan fingerprint density at radius 2 is 1.95 bits per heavy atom. The summed E-state index contributed by atoms with van der Waals surface area (Å²) in [6.45, 7) is 2.06. The fraction of sp³-hybridized carbons (Fsp3) is 0.429. The number of benzene rings is 1. The van der Waals surface area contributed by atoms with Crippen LogP contribution >= 0.6 is 11.8 Å². The van der Waals surface area contributed by atoms with E-state index in [-0.39, 0.29) is 17.1 Å². The minimum absolute atomic E-state index is 0.0616. The molecule has 0 aromatic heterocycles. The van der Waals surface area contributed by atoms with Crippen molar-refractivity contribution in [1.82, 2.24) is 5.32 Å². The van der Waals surface area contributed by atoms with Crippen LogP contribution in [0.5, 0.6) is 0 Å². The SMILES string of the molecule is O=C1CC(SCC2CNC2)C(=O)N1c1ccccc1. The number of thioether (sulfide) groups is 1. The number of hydrogen-bond donors (Lipinski definition) is 1. The van der Waals surface area contributed by atoms with E-state index in [1.807, 2.05) is 18.2 Å². The molecule has 0 bridgehead atoms. The van der Waals surface area contributed by atoms with Gasteiger partial charge in [0.1, 0.15) is 0 Å². The zero-order valence-electron chi connectivity index (χ0n) is 10.5. The van der Waals surface area contributed by atoms with Crippen LogP contribution in [-0.2, 0) is 9.59 Å². The minimum Gasteiger partial charge on any atom is -0.316 e. The molecule has 19 heavy (non-hydrogen) atoms. The van der Waals surface area contributed by atoms with Crippen molar-refractivity contribution in [1.29, 1.82) is 0 Å². The summed E-state index contributed by atoms with van der Waals surface area (Å²) in [6, 6.07) is 9.18. The van der Waals surface area contributed by atoms with E-state index in [4.69, 9.17) is 0 Å². The van der Waals surface area contributed by atoms with E-state index < -0.39 is 0 Å². The molecule has 2 aliphatic rings. The third-order valence-electron chi connectivity index (χ3n) is 3.52. The summed E-state index contributed by atoms with van der Waals surface area (Å²) in [4.78, 5) is 25.6. The Morgan fingerprint density at radius 1 is 1.21 bits per heavy atom. The monoisotopic (exact) mass is 276 g/mol. The number of rotatable bonds is 4.